The third-order valence-corrected chi connectivity index (χ3v) is 5.18. The summed E-state index contributed by atoms with van der Waals surface area (Å²) in [6.07, 6.45) is 0. The molecule has 140 valence electrons. The average Bonchev–Trinajstić information content (AvgIpc) is 2.53. The van der Waals surface area contributed by atoms with Crippen molar-refractivity contribution in [2.24, 2.45) is 0 Å². The summed E-state index contributed by atoms with van der Waals surface area (Å²) >= 11 is 0. The van der Waals surface area contributed by atoms with Crippen molar-refractivity contribution < 1.29 is 17.9 Å². The van der Waals surface area contributed by atoms with E-state index in [1.165, 1.54) is 20.1 Å². The number of sulfonamides is 1. The van der Waals surface area contributed by atoms with Gasteiger partial charge in [0.2, 0.25) is 5.91 Å². The molecule has 0 aliphatic heterocycles. The van der Waals surface area contributed by atoms with Gasteiger partial charge in [-0.25, -0.2) is 8.42 Å². The lowest BCUT2D eigenvalue weighted by molar-refractivity contribution is -0.114. The molecule has 0 unspecified atom stereocenters. The summed E-state index contributed by atoms with van der Waals surface area (Å²) < 4.78 is 33.2. The van der Waals surface area contributed by atoms with Crippen LogP contribution >= 0.6 is 0 Å². The van der Waals surface area contributed by atoms with Crippen molar-refractivity contribution >= 4 is 27.3 Å². The monoisotopic (exact) mass is 376 g/mol. The number of hydrogen-bond donors (Lipinski definition) is 2. The molecule has 7 heteroatoms. The van der Waals surface area contributed by atoms with Crippen molar-refractivity contribution in [3.63, 3.8) is 0 Å². The summed E-state index contributed by atoms with van der Waals surface area (Å²) in [5.41, 5.74) is 1.70. The zero-order chi connectivity index (χ0) is 19.5. The van der Waals surface area contributed by atoms with E-state index < -0.39 is 10.0 Å². The van der Waals surface area contributed by atoms with Crippen molar-refractivity contribution in [2.45, 2.75) is 38.0 Å². The van der Waals surface area contributed by atoms with Gasteiger partial charge in [-0.2, -0.15) is 0 Å². The fraction of sp³-hybridized carbons (Fsp3) is 0.316. The van der Waals surface area contributed by atoms with Crippen LogP contribution in [0.15, 0.2) is 47.4 Å². The number of methoxy groups -OCH3 is 1. The topological polar surface area (TPSA) is 84.5 Å². The van der Waals surface area contributed by atoms with E-state index in [1.807, 2.05) is 0 Å². The van der Waals surface area contributed by atoms with Crippen LogP contribution in [0.3, 0.4) is 0 Å². The largest absolute Gasteiger partial charge is 0.495 e. The number of rotatable bonds is 5. The fourth-order valence-corrected chi connectivity index (χ4v) is 3.47. The molecule has 0 aromatic heterocycles. The maximum Gasteiger partial charge on any atom is 0.262 e. The third kappa shape index (κ3) is 4.76. The SMILES string of the molecule is COc1ccc(NC(C)=O)cc1NS(=O)(=O)c1ccc(C(C)(C)C)cc1. The summed E-state index contributed by atoms with van der Waals surface area (Å²) in [6.45, 7) is 7.57. The van der Waals surface area contributed by atoms with Crippen LogP contribution < -0.4 is 14.8 Å². The normalized spacial score (nSPS) is 11.7. The van der Waals surface area contributed by atoms with E-state index in [9.17, 15) is 13.2 Å². The molecule has 2 aromatic carbocycles. The van der Waals surface area contributed by atoms with Crippen LogP contribution in [-0.4, -0.2) is 21.4 Å². The molecule has 6 nitrogen and oxygen atoms in total. The molecular weight excluding hydrogens is 352 g/mol. The van der Waals surface area contributed by atoms with E-state index in [-0.39, 0.29) is 21.9 Å². The molecule has 0 saturated heterocycles. The molecule has 0 radical (unpaired) electrons. The second kappa shape index (κ2) is 7.37. The van der Waals surface area contributed by atoms with Crippen LogP contribution in [-0.2, 0) is 20.2 Å². The Hall–Kier alpha value is -2.54. The molecule has 0 aliphatic rings. The number of carbonyl (C=O) groups excluding carboxylic acids is 1. The summed E-state index contributed by atoms with van der Waals surface area (Å²) in [7, 11) is -2.35. The minimum Gasteiger partial charge on any atom is -0.495 e. The van der Waals surface area contributed by atoms with Gasteiger partial charge in [0, 0.05) is 12.6 Å². The van der Waals surface area contributed by atoms with Crippen molar-refractivity contribution in [3.8, 4) is 5.75 Å². The molecule has 26 heavy (non-hydrogen) atoms. The summed E-state index contributed by atoms with van der Waals surface area (Å²) in [5.74, 6) is 0.107. The quantitative estimate of drug-likeness (QED) is 0.832. The van der Waals surface area contributed by atoms with Gasteiger partial charge < -0.3 is 10.1 Å². The van der Waals surface area contributed by atoms with Crippen LogP contribution in [0.1, 0.15) is 33.3 Å². The van der Waals surface area contributed by atoms with Gasteiger partial charge in [0.25, 0.3) is 10.0 Å². The minimum atomic E-state index is -3.80. The highest BCUT2D eigenvalue weighted by Gasteiger charge is 2.19. The first-order valence-corrected chi connectivity index (χ1v) is 9.60. The highest BCUT2D eigenvalue weighted by molar-refractivity contribution is 7.92. The number of ether oxygens (including phenoxy) is 1. The smallest absolute Gasteiger partial charge is 0.262 e. The zero-order valence-corrected chi connectivity index (χ0v) is 16.4. The maximum absolute atomic E-state index is 12.7. The van der Waals surface area contributed by atoms with Gasteiger partial charge in [-0.15, -0.1) is 0 Å². The molecule has 2 aromatic rings. The number of nitrogens with one attached hydrogen (secondary N) is 2. The van der Waals surface area contributed by atoms with E-state index in [0.29, 0.717) is 11.4 Å². The fourth-order valence-electron chi connectivity index (χ4n) is 2.41. The van der Waals surface area contributed by atoms with Crippen LogP contribution in [0.25, 0.3) is 0 Å². The van der Waals surface area contributed by atoms with E-state index >= 15 is 0 Å². The highest BCUT2D eigenvalue weighted by atomic mass is 32.2. The summed E-state index contributed by atoms with van der Waals surface area (Å²) in [6, 6.07) is 11.5. The average molecular weight is 376 g/mol. The highest BCUT2D eigenvalue weighted by Crippen LogP contribution is 2.30. The number of benzene rings is 2. The lowest BCUT2D eigenvalue weighted by Gasteiger charge is -2.19. The Morgan fingerprint density at radius 1 is 1.04 bits per heavy atom. The standard InChI is InChI=1S/C19H24N2O4S/c1-13(22)20-15-8-11-18(25-5)17(12-15)21-26(23,24)16-9-6-14(7-10-16)19(2,3)4/h6-12,21H,1-5H3,(H,20,22). The molecule has 2 N–H and O–H groups in total. The van der Waals surface area contributed by atoms with E-state index in [1.54, 1.807) is 36.4 Å². The van der Waals surface area contributed by atoms with Crippen molar-refractivity contribution in [2.75, 3.05) is 17.1 Å². The predicted molar refractivity (Wildman–Crippen MR) is 103 cm³/mol. The number of anilines is 2. The molecule has 0 bridgehead atoms. The lowest BCUT2D eigenvalue weighted by atomic mass is 9.87. The van der Waals surface area contributed by atoms with Gasteiger partial charge in [0.1, 0.15) is 5.75 Å². The van der Waals surface area contributed by atoms with Gasteiger partial charge in [0.15, 0.2) is 0 Å². The summed E-state index contributed by atoms with van der Waals surface area (Å²) in [5, 5.41) is 2.62. The molecule has 2 rings (SSSR count). The molecule has 1 amide bonds. The van der Waals surface area contributed by atoms with Gasteiger partial charge in [-0.05, 0) is 41.3 Å². The molecular formula is C19H24N2O4S. The number of amides is 1. The van der Waals surface area contributed by atoms with Crippen LogP contribution in [0, 0.1) is 0 Å². The molecule has 0 saturated carbocycles. The Morgan fingerprint density at radius 2 is 1.65 bits per heavy atom. The van der Waals surface area contributed by atoms with Crippen molar-refractivity contribution in [1.82, 2.24) is 0 Å². The molecule has 0 aliphatic carbocycles. The van der Waals surface area contributed by atoms with Gasteiger partial charge in [0.05, 0.1) is 17.7 Å². The summed E-state index contributed by atoms with van der Waals surface area (Å²) in [4.78, 5) is 11.4. The number of carbonyl (C=O) groups is 1. The van der Waals surface area contributed by atoms with Gasteiger partial charge in [-0.1, -0.05) is 32.9 Å². The third-order valence-electron chi connectivity index (χ3n) is 3.79. The predicted octanol–water partition coefficient (Wildman–Crippen LogP) is 3.75. The second-order valence-corrected chi connectivity index (χ2v) is 8.66. The Balaban J connectivity index is 2.35. The Bertz CT molecular complexity index is 898. The van der Waals surface area contributed by atoms with Crippen molar-refractivity contribution in [3.05, 3.63) is 48.0 Å². The molecule has 0 fully saturated rings. The zero-order valence-electron chi connectivity index (χ0n) is 15.6. The Labute approximate surface area is 154 Å². The first-order chi connectivity index (χ1) is 12.0. The number of hydrogen-bond acceptors (Lipinski definition) is 4. The van der Waals surface area contributed by atoms with E-state index in [4.69, 9.17) is 4.74 Å². The minimum absolute atomic E-state index is 0.0639. The first kappa shape index (κ1) is 19.8. The Morgan fingerprint density at radius 3 is 2.15 bits per heavy atom. The first-order valence-electron chi connectivity index (χ1n) is 8.12. The van der Waals surface area contributed by atoms with E-state index in [2.05, 4.69) is 30.8 Å². The van der Waals surface area contributed by atoms with Crippen molar-refractivity contribution in [1.29, 1.82) is 0 Å². The van der Waals surface area contributed by atoms with Crippen LogP contribution in [0.2, 0.25) is 0 Å². The van der Waals surface area contributed by atoms with Gasteiger partial charge in [-0.3, -0.25) is 9.52 Å². The second-order valence-electron chi connectivity index (χ2n) is 6.98. The lowest BCUT2D eigenvalue weighted by Crippen LogP contribution is -2.15. The molecule has 0 heterocycles. The molecule has 0 spiro atoms. The van der Waals surface area contributed by atoms with Gasteiger partial charge >= 0.3 is 0 Å². The Kier molecular flexibility index (Phi) is 5.61. The molecule has 0 atom stereocenters. The van der Waals surface area contributed by atoms with Crippen LogP contribution in [0.5, 0.6) is 5.75 Å². The maximum atomic E-state index is 12.7. The van der Waals surface area contributed by atoms with Crippen LogP contribution in [0.4, 0.5) is 11.4 Å². The van der Waals surface area contributed by atoms with E-state index in [0.717, 1.165) is 5.56 Å².